The van der Waals surface area contributed by atoms with Crippen LogP contribution in [0.1, 0.15) is 22.8 Å². The summed E-state index contributed by atoms with van der Waals surface area (Å²) in [6.07, 6.45) is 0.567. The average Bonchev–Trinajstić information content (AvgIpc) is 2.67. The SMILES string of the molecule is CCS(=O)(=O)c1cccc(C(=O)NCCc2ccc(OCC(=O)O)cc2)c1. The zero-order valence-electron chi connectivity index (χ0n) is 14.8. The summed E-state index contributed by atoms with van der Waals surface area (Å²) in [5.74, 6) is -0.953. The zero-order chi connectivity index (χ0) is 19.9. The summed E-state index contributed by atoms with van der Waals surface area (Å²) in [5, 5.41) is 11.3. The van der Waals surface area contributed by atoms with E-state index in [1.54, 1.807) is 43.3 Å². The van der Waals surface area contributed by atoms with Crippen LogP contribution in [0, 0.1) is 0 Å². The van der Waals surface area contributed by atoms with E-state index in [9.17, 15) is 18.0 Å². The van der Waals surface area contributed by atoms with Gasteiger partial charge in [0.05, 0.1) is 10.6 Å². The number of ether oxygens (including phenoxy) is 1. The zero-order valence-corrected chi connectivity index (χ0v) is 15.7. The van der Waals surface area contributed by atoms with Crippen molar-refractivity contribution >= 4 is 21.7 Å². The van der Waals surface area contributed by atoms with Gasteiger partial charge >= 0.3 is 5.97 Å². The minimum Gasteiger partial charge on any atom is -0.482 e. The molecule has 7 nitrogen and oxygen atoms in total. The second-order valence-electron chi connectivity index (χ2n) is 5.76. The summed E-state index contributed by atoms with van der Waals surface area (Å²) >= 11 is 0. The molecule has 8 heteroatoms. The highest BCUT2D eigenvalue weighted by atomic mass is 32.2. The molecule has 0 aromatic heterocycles. The van der Waals surface area contributed by atoms with Crippen LogP contribution in [-0.4, -0.2) is 44.3 Å². The number of aliphatic carboxylic acids is 1. The summed E-state index contributed by atoms with van der Waals surface area (Å²) in [6.45, 7) is 1.53. The van der Waals surface area contributed by atoms with Crippen LogP contribution < -0.4 is 10.1 Å². The highest BCUT2D eigenvalue weighted by Crippen LogP contribution is 2.14. The Kier molecular flexibility index (Phi) is 6.95. The van der Waals surface area contributed by atoms with Crippen LogP contribution in [0.5, 0.6) is 5.75 Å². The molecule has 144 valence electrons. The fraction of sp³-hybridized carbons (Fsp3) is 0.263. The van der Waals surface area contributed by atoms with Crippen LogP contribution >= 0.6 is 0 Å². The van der Waals surface area contributed by atoms with Gasteiger partial charge in [-0.2, -0.15) is 0 Å². The molecule has 0 atom stereocenters. The van der Waals surface area contributed by atoms with E-state index in [0.717, 1.165) is 5.56 Å². The van der Waals surface area contributed by atoms with Gasteiger partial charge in [-0.05, 0) is 42.3 Å². The van der Waals surface area contributed by atoms with Crippen LogP contribution in [0.4, 0.5) is 0 Å². The number of carbonyl (C=O) groups excluding carboxylic acids is 1. The quantitative estimate of drug-likeness (QED) is 0.676. The Labute approximate surface area is 157 Å². The van der Waals surface area contributed by atoms with Crippen molar-refractivity contribution in [1.29, 1.82) is 0 Å². The van der Waals surface area contributed by atoms with Crippen molar-refractivity contribution in [1.82, 2.24) is 5.32 Å². The molecular weight excluding hydrogens is 370 g/mol. The molecule has 2 aromatic carbocycles. The van der Waals surface area contributed by atoms with E-state index in [2.05, 4.69) is 5.32 Å². The summed E-state index contributed by atoms with van der Waals surface area (Å²) in [5.41, 5.74) is 1.24. The lowest BCUT2D eigenvalue weighted by Gasteiger charge is -2.08. The largest absolute Gasteiger partial charge is 0.482 e. The number of hydrogen-bond acceptors (Lipinski definition) is 5. The van der Waals surface area contributed by atoms with Gasteiger partial charge in [-0.15, -0.1) is 0 Å². The van der Waals surface area contributed by atoms with Crippen LogP contribution in [0.2, 0.25) is 0 Å². The number of amides is 1. The lowest BCUT2D eigenvalue weighted by molar-refractivity contribution is -0.139. The summed E-state index contributed by atoms with van der Waals surface area (Å²) < 4.78 is 28.9. The van der Waals surface area contributed by atoms with Crippen molar-refractivity contribution in [3.8, 4) is 5.75 Å². The number of carboxylic acids is 1. The number of carboxylic acid groups (broad SMARTS) is 1. The molecule has 2 aromatic rings. The third-order valence-electron chi connectivity index (χ3n) is 3.82. The molecule has 0 saturated carbocycles. The van der Waals surface area contributed by atoms with Gasteiger partial charge in [0.2, 0.25) is 0 Å². The lowest BCUT2D eigenvalue weighted by atomic mass is 10.1. The molecule has 27 heavy (non-hydrogen) atoms. The Balaban J connectivity index is 1.89. The normalized spacial score (nSPS) is 11.0. The van der Waals surface area contributed by atoms with Gasteiger partial charge < -0.3 is 15.2 Å². The summed E-state index contributed by atoms with van der Waals surface area (Å²) in [4.78, 5) is 22.8. The number of benzene rings is 2. The number of rotatable bonds is 9. The van der Waals surface area contributed by atoms with Crippen LogP contribution in [-0.2, 0) is 21.1 Å². The highest BCUT2D eigenvalue weighted by Gasteiger charge is 2.14. The van der Waals surface area contributed by atoms with Gasteiger partial charge in [-0.3, -0.25) is 4.79 Å². The maximum Gasteiger partial charge on any atom is 0.341 e. The molecule has 0 unspecified atom stereocenters. The molecule has 0 aliphatic heterocycles. The summed E-state index contributed by atoms with van der Waals surface area (Å²) in [7, 11) is -3.36. The number of nitrogens with one attached hydrogen (secondary N) is 1. The molecule has 0 radical (unpaired) electrons. The van der Waals surface area contributed by atoms with Gasteiger partial charge in [0.25, 0.3) is 5.91 Å². The monoisotopic (exact) mass is 391 g/mol. The van der Waals surface area contributed by atoms with E-state index in [1.807, 2.05) is 0 Å². The molecule has 0 aliphatic carbocycles. The van der Waals surface area contributed by atoms with Crippen molar-refractivity contribution in [2.75, 3.05) is 18.9 Å². The van der Waals surface area contributed by atoms with Crippen molar-refractivity contribution in [3.63, 3.8) is 0 Å². The lowest BCUT2D eigenvalue weighted by Crippen LogP contribution is -2.25. The third kappa shape index (κ3) is 6.10. The van der Waals surface area contributed by atoms with Crippen molar-refractivity contribution < 1.29 is 27.9 Å². The van der Waals surface area contributed by atoms with Gasteiger partial charge in [-0.1, -0.05) is 25.1 Å². The van der Waals surface area contributed by atoms with E-state index in [4.69, 9.17) is 9.84 Å². The maximum absolute atomic E-state index is 12.2. The minimum atomic E-state index is -3.36. The number of sulfone groups is 1. The molecule has 0 saturated heterocycles. The molecule has 1 amide bonds. The standard InChI is InChI=1S/C19H21NO6S/c1-2-27(24,25)17-5-3-4-15(12-17)19(23)20-11-10-14-6-8-16(9-7-14)26-13-18(21)22/h3-9,12H,2,10-11,13H2,1H3,(H,20,23)(H,21,22). The second kappa shape index (κ2) is 9.18. The fourth-order valence-corrected chi connectivity index (χ4v) is 3.24. The molecule has 0 heterocycles. The van der Waals surface area contributed by atoms with Crippen LogP contribution in [0.3, 0.4) is 0 Å². The highest BCUT2D eigenvalue weighted by molar-refractivity contribution is 7.91. The van der Waals surface area contributed by atoms with E-state index in [-0.39, 0.29) is 16.6 Å². The Hall–Kier alpha value is -2.87. The van der Waals surface area contributed by atoms with E-state index >= 15 is 0 Å². The third-order valence-corrected chi connectivity index (χ3v) is 5.55. The Bertz CT molecular complexity index is 906. The molecule has 0 fully saturated rings. The van der Waals surface area contributed by atoms with Crippen molar-refractivity contribution in [2.45, 2.75) is 18.2 Å². The Morgan fingerprint density at radius 2 is 1.81 bits per heavy atom. The van der Waals surface area contributed by atoms with Crippen molar-refractivity contribution in [2.24, 2.45) is 0 Å². The predicted molar refractivity (Wildman–Crippen MR) is 99.8 cm³/mol. The smallest absolute Gasteiger partial charge is 0.341 e. The molecular formula is C19H21NO6S. The first-order valence-electron chi connectivity index (χ1n) is 8.36. The first kappa shape index (κ1) is 20.4. The molecule has 2 N–H and O–H groups in total. The second-order valence-corrected chi connectivity index (χ2v) is 8.04. The minimum absolute atomic E-state index is 0.0236. The van der Waals surface area contributed by atoms with Gasteiger partial charge in [0.1, 0.15) is 5.75 Å². The molecule has 0 bridgehead atoms. The fourth-order valence-electron chi connectivity index (χ4n) is 2.32. The first-order valence-corrected chi connectivity index (χ1v) is 10.0. The van der Waals surface area contributed by atoms with Gasteiger partial charge in [-0.25, -0.2) is 13.2 Å². The first-order chi connectivity index (χ1) is 12.8. The topological polar surface area (TPSA) is 110 Å². The molecule has 0 spiro atoms. The Morgan fingerprint density at radius 3 is 2.44 bits per heavy atom. The molecule has 0 aliphatic rings. The van der Waals surface area contributed by atoms with E-state index in [0.29, 0.717) is 24.3 Å². The Morgan fingerprint density at radius 1 is 1.11 bits per heavy atom. The van der Waals surface area contributed by atoms with E-state index < -0.39 is 22.4 Å². The van der Waals surface area contributed by atoms with Gasteiger partial charge in [0.15, 0.2) is 16.4 Å². The van der Waals surface area contributed by atoms with Crippen LogP contribution in [0.15, 0.2) is 53.4 Å². The van der Waals surface area contributed by atoms with Crippen LogP contribution in [0.25, 0.3) is 0 Å². The summed E-state index contributed by atoms with van der Waals surface area (Å²) in [6, 6.07) is 12.9. The predicted octanol–water partition coefficient (Wildman–Crippen LogP) is 1.92. The maximum atomic E-state index is 12.2. The van der Waals surface area contributed by atoms with E-state index in [1.165, 1.54) is 12.1 Å². The number of hydrogen-bond donors (Lipinski definition) is 2. The van der Waals surface area contributed by atoms with Crippen molar-refractivity contribution in [3.05, 3.63) is 59.7 Å². The number of carbonyl (C=O) groups is 2. The average molecular weight is 391 g/mol. The molecule has 2 rings (SSSR count). The van der Waals surface area contributed by atoms with Gasteiger partial charge in [0, 0.05) is 12.1 Å².